The highest BCUT2D eigenvalue weighted by Crippen LogP contribution is 2.19. The van der Waals surface area contributed by atoms with Gasteiger partial charge in [0.25, 0.3) is 0 Å². The summed E-state index contributed by atoms with van der Waals surface area (Å²) >= 11 is 0. The molecule has 1 N–H and O–H groups in total. The fourth-order valence-corrected chi connectivity index (χ4v) is 3.00. The number of rotatable bonds is 5. The number of sulfonamides is 1. The minimum absolute atomic E-state index is 0.108. The Labute approximate surface area is 116 Å². The lowest BCUT2D eigenvalue weighted by molar-refractivity contribution is -0.147. The van der Waals surface area contributed by atoms with Crippen LogP contribution in [0.4, 0.5) is 8.78 Å². The Hall–Kier alpha value is -1.54. The molecule has 20 heavy (non-hydrogen) atoms. The molecular formula is C12H15F2NO4S. The highest BCUT2D eigenvalue weighted by Gasteiger charge is 2.37. The number of hydrogen-bond acceptors (Lipinski definition) is 4. The van der Waals surface area contributed by atoms with E-state index in [-0.39, 0.29) is 6.42 Å². The van der Waals surface area contributed by atoms with Crippen molar-refractivity contribution < 1.29 is 26.7 Å². The van der Waals surface area contributed by atoms with Crippen LogP contribution in [0.3, 0.4) is 0 Å². The van der Waals surface area contributed by atoms with Gasteiger partial charge in [-0.15, -0.1) is 0 Å². The molecule has 1 aromatic carbocycles. The van der Waals surface area contributed by atoms with Crippen LogP contribution in [0.2, 0.25) is 0 Å². The largest absolute Gasteiger partial charge is 0.468 e. The van der Waals surface area contributed by atoms with Gasteiger partial charge in [-0.2, -0.15) is 4.72 Å². The molecule has 0 bridgehead atoms. The van der Waals surface area contributed by atoms with Crippen LogP contribution in [0.1, 0.15) is 20.3 Å². The van der Waals surface area contributed by atoms with Gasteiger partial charge in [0.05, 0.1) is 12.0 Å². The van der Waals surface area contributed by atoms with Crippen LogP contribution >= 0.6 is 0 Å². The van der Waals surface area contributed by atoms with Crippen molar-refractivity contribution in [3.8, 4) is 0 Å². The molecule has 0 fully saturated rings. The van der Waals surface area contributed by atoms with Crippen LogP contribution in [0.25, 0.3) is 0 Å². The van der Waals surface area contributed by atoms with Crippen LogP contribution in [-0.2, 0) is 19.6 Å². The Bertz CT molecular complexity index is 598. The number of halogens is 2. The molecule has 0 aliphatic heterocycles. The second-order valence-corrected chi connectivity index (χ2v) is 6.07. The molecule has 0 radical (unpaired) electrons. The van der Waals surface area contributed by atoms with E-state index >= 15 is 0 Å². The molecule has 0 heterocycles. The summed E-state index contributed by atoms with van der Waals surface area (Å²) < 4.78 is 56.9. The first-order chi connectivity index (χ1) is 9.14. The molecule has 0 spiro atoms. The zero-order chi connectivity index (χ0) is 15.6. The molecule has 0 aliphatic carbocycles. The van der Waals surface area contributed by atoms with Crippen molar-refractivity contribution in [2.75, 3.05) is 7.11 Å². The maximum atomic E-state index is 13.1. The number of benzene rings is 1. The first-order valence-electron chi connectivity index (χ1n) is 5.73. The van der Waals surface area contributed by atoms with Crippen molar-refractivity contribution >= 4 is 16.0 Å². The average molecular weight is 307 g/mol. The number of methoxy groups -OCH3 is 1. The molecule has 0 amide bonds. The molecule has 0 aliphatic rings. The minimum Gasteiger partial charge on any atom is -0.468 e. The van der Waals surface area contributed by atoms with Crippen molar-refractivity contribution in [2.45, 2.75) is 30.7 Å². The number of esters is 1. The molecule has 0 saturated heterocycles. The van der Waals surface area contributed by atoms with E-state index in [9.17, 15) is 22.0 Å². The summed E-state index contributed by atoms with van der Waals surface area (Å²) in [5.41, 5.74) is -1.52. The van der Waals surface area contributed by atoms with E-state index in [0.29, 0.717) is 18.2 Å². The fraction of sp³-hybridized carbons (Fsp3) is 0.417. The Kier molecular flexibility index (Phi) is 4.82. The number of carbonyl (C=O) groups is 1. The van der Waals surface area contributed by atoms with Crippen LogP contribution in [0.5, 0.6) is 0 Å². The molecule has 1 aromatic rings. The van der Waals surface area contributed by atoms with Crippen LogP contribution in [0.15, 0.2) is 23.1 Å². The Balaban J connectivity index is 3.20. The van der Waals surface area contributed by atoms with E-state index in [1.807, 2.05) is 0 Å². The Morgan fingerprint density at radius 2 is 1.80 bits per heavy atom. The molecule has 112 valence electrons. The first-order valence-corrected chi connectivity index (χ1v) is 7.21. The Morgan fingerprint density at radius 3 is 2.20 bits per heavy atom. The Morgan fingerprint density at radius 1 is 1.30 bits per heavy atom. The summed E-state index contributed by atoms with van der Waals surface area (Å²) in [4.78, 5) is 11.0. The topological polar surface area (TPSA) is 72.5 Å². The molecule has 8 heteroatoms. The lowest BCUT2D eigenvalue weighted by Crippen LogP contribution is -2.52. The van der Waals surface area contributed by atoms with Crippen molar-refractivity contribution in [3.05, 3.63) is 29.8 Å². The lowest BCUT2D eigenvalue weighted by Gasteiger charge is -2.26. The molecular weight excluding hydrogens is 292 g/mol. The lowest BCUT2D eigenvalue weighted by atomic mass is 10.0. The van der Waals surface area contributed by atoms with Crippen molar-refractivity contribution in [3.63, 3.8) is 0 Å². The van der Waals surface area contributed by atoms with E-state index in [1.54, 1.807) is 6.92 Å². The summed E-state index contributed by atoms with van der Waals surface area (Å²) in [6, 6.07) is 1.88. The second kappa shape index (κ2) is 5.84. The summed E-state index contributed by atoms with van der Waals surface area (Å²) in [5, 5.41) is 0. The monoisotopic (exact) mass is 307 g/mol. The van der Waals surface area contributed by atoms with E-state index in [4.69, 9.17) is 0 Å². The predicted octanol–water partition coefficient (Wildman–Crippen LogP) is 1.58. The highest BCUT2D eigenvalue weighted by atomic mass is 32.2. The van der Waals surface area contributed by atoms with Gasteiger partial charge in [0, 0.05) is 6.07 Å². The number of nitrogens with one attached hydrogen (secondary N) is 1. The van der Waals surface area contributed by atoms with Crippen LogP contribution < -0.4 is 4.72 Å². The van der Waals surface area contributed by atoms with Gasteiger partial charge in [0.1, 0.15) is 17.2 Å². The van der Waals surface area contributed by atoms with E-state index in [2.05, 4.69) is 9.46 Å². The third-order valence-electron chi connectivity index (χ3n) is 2.85. The molecule has 0 aromatic heterocycles. The number of carbonyl (C=O) groups excluding carboxylic acids is 1. The van der Waals surface area contributed by atoms with E-state index < -0.39 is 38.1 Å². The van der Waals surface area contributed by atoms with Gasteiger partial charge >= 0.3 is 5.97 Å². The zero-order valence-electron chi connectivity index (χ0n) is 11.2. The molecule has 0 unspecified atom stereocenters. The standard InChI is InChI=1S/C12H15F2NO4S/c1-4-12(2,11(16)19-3)15-20(17,18)10-6-8(13)5-9(14)7-10/h5-7,15H,4H2,1-3H3/t12-/m1/s1. The molecule has 1 rings (SSSR count). The quantitative estimate of drug-likeness (QED) is 0.838. The van der Waals surface area contributed by atoms with Gasteiger partial charge in [-0.05, 0) is 25.5 Å². The summed E-state index contributed by atoms with van der Waals surface area (Å²) in [6.45, 7) is 2.90. The van der Waals surface area contributed by atoms with Gasteiger partial charge < -0.3 is 4.74 Å². The van der Waals surface area contributed by atoms with E-state index in [1.165, 1.54) is 6.92 Å². The fourth-order valence-electron chi connectivity index (χ4n) is 1.52. The average Bonchev–Trinajstić information content (AvgIpc) is 2.36. The molecule has 5 nitrogen and oxygen atoms in total. The third kappa shape index (κ3) is 3.51. The predicted molar refractivity (Wildman–Crippen MR) is 67.4 cm³/mol. The normalized spacial score (nSPS) is 14.7. The summed E-state index contributed by atoms with van der Waals surface area (Å²) in [7, 11) is -3.14. The molecule has 0 saturated carbocycles. The third-order valence-corrected chi connectivity index (χ3v) is 4.42. The minimum atomic E-state index is -4.26. The van der Waals surface area contributed by atoms with Crippen molar-refractivity contribution in [1.29, 1.82) is 0 Å². The number of hydrogen-bond donors (Lipinski definition) is 1. The highest BCUT2D eigenvalue weighted by molar-refractivity contribution is 7.89. The van der Waals surface area contributed by atoms with Gasteiger partial charge in [0.15, 0.2) is 0 Å². The molecule has 1 atom stereocenters. The summed E-state index contributed by atoms with van der Waals surface area (Å²) in [6.07, 6.45) is 0.108. The SMILES string of the molecule is CC[C@@](C)(NS(=O)(=O)c1cc(F)cc(F)c1)C(=O)OC. The maximum Gasteiger partial charge on any atom is 0.326 e. The summed E-state index contributed by atoms with van der Waals surface area (Å²) in [5.74, 6) is -2.84. The van der Waals surface area contributed by atoms with Crippen LogP contribution in [0, 0.1) is 11.6 Å². The van der Waals surface area contributed by atoms with Gasteiger partial charge in [-0.1, -0.05) is 6.92 Å². The van der Waals surface area contributed by atoms with Gasteiger partial charge in [0.2, 0.25) is 10.0 Å². The van der Waals surface area contributed by atoms with Crippen molar-refractivity contribution in [2.24, 2.45) is 0 Å². The van der Waals surface area contributed by atoms with Crippen molar-refractivity contribution in [1.82, 2.24) is 4.72 Å². The maximum absolute atomic E-state index is 13.1. The van der Waals surface area contributed by atoms with E-state index in [0.717, 1.165) is 7.11 Å². The van der Waals surface area contributed by atoms with Gasteiger partial charge in [-0.3, -0.25) is 4.79 Å². The van der Waals surface area contributed by atoms with Crippen LogP contribution in [-0.4, -0.2) is 27.0 Å². The van der Waals surface area contributed by atoms with Gasteiger partial charge in [-0.25, -0.2) is 17.2 Å². The zero-order valence-corrected chi connectivity index (χ0v) is 12.1. The smallest absolute Gasteiger partial charge is 0.326 e. The number of ether oxygens (including phenoxy) is 1. The second-order valence-electron chi connectivity index (χ2n) is 4.39. The first kappa shape index (κ1) is 16.5.